The minimum atomic E-state index is -0.453. The number of esters is 2. The molecule has 5 heteroatoms. The summed E-state index contributed by atoms with van der Waals surface area (Å²) in [6, 6.07) is 30.9. The van der Waals surface area contributed by atoms with Crippen LogP contribution in [-0.2, 0) is 9.59 Å². The van der Waals surface area contributed by atoms with Crippen LogP contribution in [0.5, 0.6) is 11.5 Å². The second kappa shape index (κ2) is 10.7. The largest absolute Gasteiger partial charge is 0.456 e. The van der Waals surface area contributed by atoms with Crippen LogP contribution in [0.3, 0.4) is 0 Å². The SMILES string of the molecule is C=C(C)C(=O)Oc1ccc(-c2ccc3cc(-c4ccc(-c5ccc(OC(=O)C(=C)C)cc5)o4)ccc3c2)cc1. The summed E-state index contributed by atoms with van der Waals surface area (Å²) >= 11 is 0. The maximum absolute atomic E-state index is 11.7. The molecule has 39 heavy (non-hydrogen) atoms. The summed E-state index contributed by atoms with van der Waals surface area (Å²) in [5.74, 6) is 1.52. The topological polar surface area (TPSA) is 65.7 Å². The van der Waals surface area contributed by atoms with Crippen LogP contribution < -0.4 is 9.47 Å². The summed E-state index contributed by atoms with van der Waals surface area (Å²) in [5.41, 5.74) is 4.63. The Bertz CT molecular complexity index is 1720. The minimum absolute atomic E-state index is 0.346. The van der Waals surface area contributed by atoms with Gasteiger partial charge >= 0.3 is 11.9 Å². The van der Waals surface area contributed by atoms with Crippen LogP contribution in [0.2, 0.25) is 0 Å². The minimum Gasteiger partial charge on any atom is -0.456 e. The van der Waals surface area contributed by atoms with Crippen molar-refractivity contribution in [2.75, 3.05) is 0 Å². The smallest absolute Gasteiger partial charge is 0.338 e. The van der Waals surface area contributed by atoms with Crippen LogP contribution in [0.15, 0.2) is 126 Å². The zero-order valence-corrected chi connectivity index (χ0v) is 21.7. The van der Waals surface area contributed by atoms with E-state index in [1.54, 1.807) is 38.1 Å². The van der Waals surface area contributed by atoms with Gasteiger partial charge in [-0.1, -0.05) is 49.6 Å². The van der Waals surface area contributed by atoms with E-state index < -0.39 is 11.9 Å². The summed E-state index contributed by atoms with van der Waals surface area (Å²) < 4.78 is 16.7. The Hall–Kier alpha value is -5.16. The second-order valence-corrected chi connectivity index (χ2v) is 9.33. The van der Waals surface area contributed by atoms with Gasteiger partial charge in [-0.05, 0) is 96.4 Å². The third-order valence-corrected chi connectivity index (χ3v) is 6.18. The van der Waals surface area contributed by atoms with E-state index in [1.165, 1.54) is 0 Å². The molecule has 0 aliphatic rings. The Kier molecular flexibility index (Phi) is 6.98. The van der Waals surface area contributed by atoms with Gasteiger partial charge in [0.15, 0.2) is 0 Å². The van der Waals surface area contributed by atoms with Crippen molar-refractivity contribution in [3.63, 3.8) is 0 Å². The lowest BCUT2D eigenvalue weighted by Crippen LogP contribution is -2.07. The predicted molar refractivity (Wildman–Crippen MR) is 153 cm³/mol. The number of fused-ring (bicyclic) bond motifs is 1. The number of hydrogen-bond donors (Lipinski definition) is 0. The van der Waals surface area contributed by atoms with Gasteiger partial charge in [0.05, 0.1) is 0 Å². The summed E-state index contributed by atoms with van der Waals surface area (Å²) in [4.78, 5) is 23.5. The van der Waals surface area contributed by atoms with Gasteiger partial charge in [0.1, 0.15) is 23.0 Å². The second-order valence-electron chi connectivity index (χ2n) is 9.33. The van der Waals surface area contributed by atoms with Crippen molar-refractivity contribution >= 4 is 22.7 Å². The molecule has 0 unspecified atom stereocenters. The number of hydrogen-bond acceptors (Lipinski definition) is 5. The van der Waals surface area contributed by atoms with Gasteiger partial charge in [-0.25, -0.2) is 9.59 Å². The molecular weight excluding hydrogens is 488 g/mol. The lowest BCUT2D eigenvalue weighted by atomic mass is 9.99. The average Bonchev–Trinajstić information content (AvgIpc) is 3.43. The fourth-order valence-electron chi connectivity index (χ4n) is 4.02. The molecule has 5 aromatic rings. The first-order chi connectivity index (χ1) is 18.8. The first-order valence-electron chi connectivity index (χ1n) is 12.4. The predicted octanol–water partition coefficient (Wildman–Crippen LogP) is 8.40. The Labute approximate surface area is 226 Å². The molecule has 0 bridgehead atoms. The van der Waals surface area contributed by atoms with E-state index in [4.69, 9.17) is 13.9 Å². The van der Waals surface area contributed by atoms with E-state index >= 15 is 0 Å². The molecule has 0 aliphatic carbocycles. The first-order valence-corrected chi connectivity index (χ1v) is 12.4. The van der Waals surface area contributed by atoms with Crippen LogP contribution >= 0.6 is 0 Å². The van der Waals surface area contributed by atoms with Crippen molar-refractivity contribution in [3.05, 3.63) is 121 Å². The van der Waals surface area contributed by atoms with Gasteiger partial charge in [0, 0.05) is 22.3 Å². The zero-order valence-electron chi connectivity index (χ0n) is 21.7. The van der Waals surface area contributed by atoms with E-state index in [0.717, 1.165) is 44.5 Å². The van der Waals surface area contributed by atoms with Gasteiger partial charge < -0.3 is 13.9 Å². The van der Waals surface area contributed by atoms with E-state index in [1.807, 2.05) is 42.5 Å². The van der Waals surface area contributed by atoms with Crippen LogP contribution in [0, 0.1) is 0 Å². The van der Waals surface area contributed by atoms with Crippen molar-refractivity contribution in [2.45, 2.75) is 13.8 Å². The van der Waals surface area contributed by atoms with Crippen LogP contribution in [0.25, 0.3) is 44.5 Å². The van der Waals surface area contributed by atoms with Gasteiger partial charge in [0.25, 0.3) is 0 Å². The Morgan fingerprint density at radius 2 is 0.949 bits per heavy atom. The monoisotopic (exact) mass is 514 g/mol. The molecule has 0 aliphatic heterocycles. The maximum Gasteiger partial charge on any atom is 0.338 e. The summed E-state index contributed by atoms with van der Waals surface area (Å²) in [7, 11) is 0. The molecule has 0 fully saturated rings. The normalized spacial score (nSPS) is 10.7. The van der Waals surface area contributed by atoms with Crippen LogP contribution in [0.1, 0.15) is 13.8 Å². The molecule has 0 atom stereocenters. The summed E-state index contributed by atoms with van der Waals surface area (Å²) in [6.45, 7) is 10.4. The fraction of sp³-hybridized carbons (Fsp3) is 0.0588. The highest BCUT2D eigenvalue weighted by Gasteiger charge is 2.11. The lowest BCUT2D eigenvalue weighted by Gasteiger charge is -2.08. The highest BCUT2D eigenvalue weighted by atomic mass is 16.5. The third-order valence-electron chi connectivity index (χ3n) is 6.18. The van der Waals surface area contributed by atoms with Gasteiger partial charge in [0.2, 0.25) is 0 Å². The molecule has 0 saturated carbocycles. The molecule has 5 rings (SSSR count). The quantitative estimate of drug-likeness (QED) is 0.124. The molecule has 5 nitrogen and oxygen atoms in total. The highest BCUT2D eigenvalue weighted by molar-refractivity contribution is 5.91. The highest BCUT2D eigenvalue weighted by Crippen LogP contribution is 2.33. The van der Waals surface area contributed by atoms with E-state index in [9.17, 15) is 9.59 Å². The van der Waals surface area contributed by atoms with Gasteiger partial charge in [-0.15, -0.1) is 0 Å². The Morgan fingerprint density at radius 1 is 0.538 bits per heavy atom. The molecule has 0 N–H and O–H groups in total. The number of carbonyl (C=O) groups excluding carboxylic acids is 2. The standard InChI is InChI=1S/C34H26O5/c1-21(2)33(35)37-29-13-9-23(10-14-29)25-5-6-27-20-28(8-7-26(27)19-25)32-18-17-31(39-32)24-11-15-30(16-12-24)38-34(36)22(3)4/h5-20H,1,3H2,2,4H3. The average molecular weight is 515 g/mol. The number of rotatable bonds is 7. The fourth-order valence-corrected chi connectivity index (χ4v) is 4.02. The molecule has 1 aromatic heterocycles. The van der Waals surface area contributed by atoms with Crippen molar-refractivity contribution in [1.82, 2.24) is 0 Å². The number of benzene rings is 4. The van der Waals surface area contributed by atoms with E-state index in [0.29, 0.717) is 22.6 Å². The Balaban J connectivity index is 1.32. The van der Waals surface area contributed by atoms with Crippen molar-refractivity contribution in [1.29, 1.82) is 0 Å². The maximum atomic E-state index is 11.7. The molecule has 4 aromatic carbocycles. The van der Waals surface area contributed by atoms with Crippen molar-refractivity contribution in [2.24, 2.45) is 0 Å². The lowest BCUT2D eigenvalue weighted by molar-refractivity contribution is -0.130. The van der Waals surface area contributed by atoms with Crippen LogP contribution in [0.4, 0.5) is 0 Å². The molecule has 1 heterocycles. The van der Waals surface area contributed by atoms with Crippen molar-refractivity contribution in [3.8, 4) is 45.3 Å². The summed E-state index contributed by atoms with van der Waals surface area (Å²) in [5, 5.41) is 2.19. The molecule has 0 saturated heterocycles. The Morgan fingerprint density at radius 3 is 1.46 bits per heavy atom. The first kappa shape index (κ1) is 25.5. The molecule has 0 radical (unpaired) electrons. The molecule has 192 valence electrons. The zero-order chi connectivity index (χ0) is 27.5. The third kappa shape index (κ3) is 5.73. The van der Waals surface area contributed by atoms with Gasteiger partial charge in [-0.2, -0.15) is 0 Å². The number of carbonyl (C=O) groups is 2. The van der Waals surface area contributed by atoms with Crippen LogP contribution in [-0.4, -0.2) is 11.9 Å². The summed E-state index contributed by atoms with van der Waals surface area (Å²) in [6.07, 6.45) is 0. The van der Waals surface area contributed by atoms with E-state index in [-0.39, 0.29) is 0 Å². The van der Waals surface area contributed by atoms with Gasteiger partial charge in [-0.3, -0.25) is 0 Å². The molecule has 0 spiro atoms. The molecular formula is C34H26O5. The van der Waals surface area contributed by atoms with E-state index in [2.05, 4.69) is 43.5 Å². The van der Waals surface area contributed by atoms with Crippen molar-refractivity contribution < 1.29 is 23.5 Å². The number of ether oxygens (including phenoxy) is 2. The molecule has 0 amide bonds. The number of furan rings is 1.